The third-order valence-electron chi connectivity index (χ3n) is 4.57. The Morgan fingerprint density at radius 1 is 0.968 bits per heavy atom. The van der Waals surface area contributed by atoms with Crippen LogP contribution in [0.25, 0.3) is 21.8 Å². The van der Waals surface area contributed by atoms with Crippen molar-refractivity contribution >= 4 is 23.0 Å². The molecule has 31 heavy (non-hydrogen) atoms. The van der Waals surface area contributed by atoms with Crippen LogP contribution in [0.5, 0.6) is 0 Å². The van der Waals surface area contributed by atoms with Gasteiger partial charge in [0.05, 0.1) is 17.8 Å². The molecule has 0 bridgehead atoms. The van der Waals surface area contributed by atoms with Crippen LogP contribution in [0.3, 0.4) is 0 Å². The van der Waals surface area contributed by atoms with Gasteiger partial charge in [-0.1, -0.05) is 42.5 Å². The van der Waals surface area contributed by atoms with Gasteiger partial charge in [0.1, 0.15) is 16.4 Å². The number of halogens is 3. The van der Waals surface area contributed by atoms with E-state index in [1.54, 1.807) is 24.3 Å². The van der Waals surface area contributed by atoms with Gasteiger partial charge in [-0.05, 0) is 35.9 Å². The van der Waals surface area contributed by atoms with Crippen molar-refractivity contribution in [1.82, 2.24) is 0 Å². The number of rotatable bonds is 6. The Labute approximate surface area is 179 Å². The molecule has 2 aromatic heterocycles. The van der Waals surface area contributed by atoms with Gasteiger partial charge in [0.15, 0.2) is 0 Å². The minimum Gasteiger partial charge on any atom is -0.477 e. The molecule has 0 fully saturated rings. The molecule has 0 saturated carbocycles. The van der Waals surface area contributed by atoms with Gasteiger partial charge in [-0.25, -0.2) is 4.79 Å². The lowest BCUT2D eigenvalue weighted by Crippen LogP contribution is -2.04. The molecule has 0 radical (unpaired) electrons. The number of aromatic carboxylic acids is 1. The normalized spacial score (nSPS) is 11.5. The fourth-order valence-electron chi connectivity index (χ4n) is 3.09. The molecular formula is C23H16F3NO3S. The fourth-order valence-corrected chi connectivity index (χ4v) is 4.06. The molecule has 0 aliphatic heterocycles. The highest BCUT2D eigenvalue weighted by Gasteiger charge is 2.30. The van der Waals surface area contributed by atoms with Crippen molar-refractivity contribution < 1.29 is 27.5 Å². The first-order valence-electron chi connectivity index (χ1n) is 9.24. The van der Waals surface area contributed by atoms with Crippen molar-refractivity contribution in [3.8, 4) is 21.8 Å². The molecule has 2 heterocycles. The van der Waals surface area contributed by atoms with E-state index in [9.17, 15) is 23.1 Å². The summed E-state index contributed by atoms with van der Waals surface area (Å²) >= 11 is 1.16. The number of alkyl halides is 3. The summed E-state index contributed by atoms with van der Waals surface area (Å²) in [5.41, 5.74) is 0.925. The lowest BCUT2D eigenvalue weighted by molar-refractivity contribution is -0.137. The largest absolute Gasteiger partial charge is 0.477 e. The van der Waals surface area contributed by atoms with E-state index in [1.807, 2.05) is 30.3 Å². The topological polar surface area (TPSA) is 62.5 Å². The second-order valence-corrected chi connectivity index (χ2v) is 7.77. The Morgan fingerprint density at radius 3 is 2.42 bits per heavy atom. The third kappa shape index (κ3) is 4.64. The van der Waals surface area contributed by atoms with E-state index in [2.05, 4.69) is 5.32 Å². The van der Waals surface area contributed by atoms with Gasteiger partial charge in [0.25, 0.3) is 0 Å². The zero-order chi connectivity index (χ0) is 22.0. The van der Waals surface area contributed by atoms with Crippen LogP contribution < -0.4 is 5.32 Å². The Kier molecular flexibility index (Phi) is 5.56. The summed E-state index contributed by atoms with van der Waals surface area (Å²) in [7, 11) is 0. The lowest BCUT2D eigenvalue weighted by atomic mass is 10.1. The van der Waals surface area contributed by atoms with Gasteiger partial charge in [0, 0.05) is 10.4 Å². The highest BCUT2D eigenvalue weighted by atomic mass is 32.1. The predicted octanol–water partition coefficient (Wildman–Crippen LogP) is 7.00. The first-order chi connectivity index (χ1) is 14.8. The number of carbonyl (C=O) groups is 1. The van der Waals surface area contributed by atoms with E-state index in [0.29, 0.717) is 22.8 Å². The minimum atomic E-state index is -4.43. The van der Waals surface area contributed by atoms with Crippen LogP contribution >= 0.6 is 11.3 Å². The number of thiophene rings is 1. The van der Waals surface area contributed by atoms with E-state index in [-0.39, 0.29) is 11.4 Å². The first-order valence-corrected chi connectivity index (χ1v) is 10.1. The van der Waals surface area contributed by atoms with Crippen molar-refractivity contribution in [2.45, 2.75) is 12.7 Å². The SMILES string of the molecule is O=C(O)c1sc(-c2ccccc2)cc1NCc1ccc(-c2cccc(C(F)(F)F)c2)o1. The van der Waals surface area contributed by atoms with Crippen LogP contribution in [0.1, 0.15) is 21.0 Å². The molecular weight excluding hydrogens is 427 g/mol. The van der Waals surface area contributed by atoms with Crippen LogP contribution in [0.15, 0.2) is 77.2 Å². The van der Waals surface area contributed by atoms with E-state index < -0.39 is 17.7 Å². The number of nitrogens with one attached hydrogen (secondary N) is 1. The van der Waals surface area contributed by atoms with Crippen molar-refractivity contribution in [3.63, 3.8) is 0 Å². The van der Waals surface area contributed by atoms with Crippen LogP contribution in [0, 0.1) is 0 Å². The molecule has 2 aromatic carbocycles. The number of anilines is 1. The number of hydrogen-bond acceptors (Lipinski definition) is 4. The molecule has 2 N–H and O–H groups in total. The molecule has 4 nitrogen and oxygen atoms in total. The van der Waals surface area contributed by atoms with Gasteiger partial charge >= 0.3 is 12.1 Å². The van der Waals surface area contributed by atoms with Gasteiger partial charge in [-0.15, -0.1) is 11.3 Å². The van der Waals surface area contributed by atoms with Crippen LogP contribution in [-0.2, 0) is 12.7 Å². The van der Waals surface area contributed by atoms with E-state index in [4.69, 9.17) is 4.42 Å². The number of carboxylic acids is 1. The highest BCUT2D eigenvalue weighted by Crippen LogP contribution is 2.36. The standard InChI is InChI=1S/C23H16F3NO3S/c24-23(25,26)16-8-4-7-15(11-16)19-10-9-17(30-19)13-27-18-12-20(31-21(18)22(28)29)14-5-2-1-3-6-14/h1-12,27H,13H2,(H,28,29). The van der Waals surface area contributed by atoms with Crippen molar-refractivity contribution in [2.75, 3.05) is 5.32 Å². The lowest BCUT2D eigenvalue weighted by Gasteiger charge is -2.07. The third-order valence-corrected chi connectivity index (χ3v) is 5.75. The fraction of sp³-hybridized carbons (Fsp3) is 0.0870. The summed E-state index contributed by atoms with van der Waals surface area (Å²) in [6.07, 6.45) is -4.43. The molecule has 0 unspecified atom stereocenters. The first kappa shape index (κ1) is 20.7. The molecule has 0 saturated heterocycles. The molecule has 0 aliphatic carbocycles. The second kappa shape index (κ2) is 8.31. The quantitative estimate of drug-likeness (QED) is 0.337. The molecule has 8 heteroatoms. The molecule has 0 atom stereocenters. The van der Waals surface area contributed by atoms with Crippen molar-refractivity contribution in [2.24, 2.45) is 0 Å². The monoisotopic (exact) mass is 443 g/mol. The molecule has 4 rings (SSSR count). The number of carboxylic acid groups (broad SMARTS) is 1. The van der Waals surface area contributed by atoms with E-state index in [0.717, 1.165) is 33.9 Å². The maximum Gasteiger partial charge on any atom is 0.416 e. The molecule has 0 amide bonds. The number of furan rings is 1. The molecule has 0 aliphatic rings. The summed E-state index contributed by atoms with van der Waals surface area (Å²) in [4.78, 5) is 12.6. The van der Waals surface area contributed by atoms with E-state index in [1.165, 1.54) is 6.07 Å². The summed E-state index contributed by atoms with van der Waals surface area (Å²) in [5.74, 6) is -0.272. The molecule has 158 valence electrons. The van der Waals surface area contributed by atoms with Crippen LogP contribution in [0.4, 0.5) is 18.9 Å². The highest BCUT2D eigenvalue weighted by molar-refractivity contribution is 7.18. The average molecular weight is 443 g/mol. The molecule has 0 spiro atoms. The van der Waals surface area contributed by atoms with Gasteiger partial charge < -0.3 is 14.8 Å². The van der Waals surface area contributed by atoms with Crippen LogP contribution in [0.2, 0.25) is 0 Å². The maximum absolute atomic E-state index is 12.9. The minimum absolute atomic E-state index is 0.170. The summed E-state index contributed by atoms with van der Waals surface area (Å²) < 4.78 is 44.5. The predicted molar refractivity (Wildman–Crippen MR) is 113 cm³/mol. The van der Waals surface area contributed by atoms with Crippen molar-refractivity contribution in [3.05, 3.63) is 89.0 Å². The Hall–Kier alpha value is -3.52. The van der Waals surface area contributed by atoms with Gasteiger partial charge in [0.2, 0.25) is 0 Å². The Morgan fingerprint density at radius 2 is 1.71 bits per heavy atom. The summed E-state index contributed by atoms with van der Waals surface area (Å²) in [6.45, 7) is 0.185. The smallest absolute Gasteiger partial charge is 0.416 e. The van der Waals surface area contributed by atoms with Crippen LogP contribution in [-0.4, -0.2) is 11.1 Å². The second-order valence-electron chi connectivity index (χ2n) is 6.72. The van der Waals surface area contributed by atoms with Crippen molar-refractivity contribution in [1.29, 1.82) is 0 Å². The maximum atomic E-state index is 12.9. The van der Waals surface area contributed by atoms with Gasteiger partial charge in [-0.2, -0.15) is 13.2 Å². The number of benzene rings is 2. The number of hydrogen-bond donors (Lipinski definition) is 2. The van der Waals surface area contributed by atoms with Gasteiger partial charge in [-0.3, -0.25) is 0 Å². The summed E-state index contributed by atoms with van der Waals surface area (Å²) in [5, 5.41) is 12.6. The Balaban J connectivity index is 1.53. The zero-order valence-electron chi connectivity index (χ0n) is 15.9. The average Bonchev–Trinajstić information content (AvgIpc) is 3.40. The molecule has 4 aromatic rings. The zero-order valence-corrected chi connectivity index (χ0v) is 16.8. The Bertz CT molecular complexity index is 1210. The summed E-state index contributed by atoms with van der Waals surface area (Å²) in [6, 6.07) is 19.3. The van der Waals surface area contributed by atoms with E-state index >= 15 is 0 Å².